The Morgan fingerprint density at radius 3 is 3.00 bits per heavy atom. The first-order valence-electron chi connectivity index (χ1n) is 4.82. The lowest BCUT2D eigenvalue weighted by Crippen LogP contribution is -2.17. The van der Waals surface area contributed by atoms with Gasteiger partial charge in [0.2, 0.25) is 0 Å². The fourth-order valence-corrected chi connectivity index (χ4v) is 1.67. The average Bonchev–Trinajstić information content (AvgIpc) is 2.47. The Hall–Kier alpha value is -1.35. The number of aryl methyl sites for hydroxylation is 1. The summed E-state index contributed by atoms with van der Waals surface area (Å²) in [5, 5.41) is 0. The smallest absolute Gasteiger partial charge is 0.0955 e. The van der Waals surface area contributed by atoms with Crippen LogP contribution < -0.4 is 5.73 Å². The molecule has 0 spiro atoms. The van der Waals surface area contributed by atoms with Gasteiger partial charge < -0.3 is 10.3 Å². The van der Waals surface area contributed by atoms with Crippen LogP contribution in [0.3, 0.4) is 0 Å². The first-order valence-corrected chi connectivity index (χ1v) is 4.82. The largest absolute Gasteiger partial charge is 0.334 e. The predicted molar refractivity (Wildman–Crippen MR) is 58.1 cm³/mol. The number of rotatable bonds is 2. The zero-order chi connectivity index (χ0) is 10.1. The molecular weight excluding hydrogens is 174 g/mol. The second kappa shape index (κ2) is 3.42. The molecule has 2 aromatic rings. The van der Waals surface area contributed by atoms with Crippen LogP contribution in [0, 0.1) is 0 Å². The van der Waals surface area contributed by atoms with Crippen molar-refractivity contribution in [3.8, 4) is 0 Å². The molecule has 2 N–H and O–H groups in total. The molecule has 74 valence electrons. The second-order valence-corrected chi connectivity index (χ2v) is 3.86. The highest BCUT2D eigenvalue weighted by molar-refractivity contribution is 5.75. The normalized spacial score (nSPS) is 13.4. The molecule has 0 saturated carbocycles. The van der Waals surface area contributed by atoms with Gasteiger partial charge in [0.1, 0.15) is 0 Å². The molecule has 2 rings (SSSR count). The molecule has 1 unspecified atom stereocenters. The zero-order valence-electron chi connectivity index (χ0n) is 8.57. The molecule has 0 aliphatic heterocycles. The van der Waals surface area contributed by atoms with Crippen molar-refractivity contribution in [3.63, 3.8) is 0 Å². The van der Waals surface area contributed by atoms with E-state index in [0.29, 0.717) is 0 Å². The third-order valence-corrected chi connectivity index (χ3v) is 2.35. The molecule has 3 heteroatoms. The number of benzene rings is 1. The van der Waals surface area contributed by atoms with E-state index in [0.717, 1.165) is 11.9 Å². The molecular formula is C11H15N3. The maximum Gasteiger partial charge on any atom is 0.0955 e. The monoisotopic (exact) mass is 189 g/mol. The van der Waals surface area contributed by atoms with Gasteiger partial charge in [-0.2, -0.15) is 0 Å². The Bertz CT molecular complexity index is 443. The van der Waals surface area contributed by atoms with Crippen LogP contribution in [-0.4, -0.2) is 15.6 Å². The van der Waals surface area contributed by atoms with E-state index in [2.05, 4.69) is 17.1 Å². The molecule has 0 fully saturated rings. The lowest BCUT2D eigenvalue weighted by molar-refractivity contribution is 0.738. The van der Waals surface area contributed by atoms with Crippen LogP contribution in [-0.2, 0) is 13.5 Å². The standard InChI is InChI=1S/C11H15N3/c1-8(12)5-9-3-4-10-11(6-9)14(2)7-13-10/h3-4,6-8H,5,12H2,1-2H3. The van der Waals surface area contributed by atoms with Gasteiger partial charge in [0.15, 0.2) is 0 Å². The second-order valence-electron chi connectivity index (χ2n) is 3.86. The molecule has 0 saturated heterocycles. The molecule has 1 aromatic carbocycles. The van der Waals surface area contributed by atoms with Gasteiger partial charge in [-0.3, -0.25) is 0 Å². The van der Waals surface area contributed by atoms with Gasteiger partial charge in [0.25, 0.3) is 0 Å². The first-order chi connectivity index (χ1) is 6.66. The van der Waals surface area contributed by atoms with Crippen LogP contribution >= 0.6 is 0 Å². The lowest BCUT2D eigenvalue weighted by Gasteiger charge is -2.05. The minimum Gasteiger partial charge on any atom is -0.334 e. The van der Waals surface area contributed by atoms with Crippen molar-refractivity contribution in [3.05, 3.63) is 30.1 Å². The van der Waals surface area contributed by atoms with E-state index < -0.39 is 0 Å². The highest BCUT2D eigenvalue weighted by Gasteiger charge is 2.02. The minimum atomic E-state index is 0.209. The average molecular weight is 189 g/mol. The topological polar surface area (TPSA) is 43.8 Å². The quantitative estimate of drug-likeness (QED) is 0.777. The van der Waals surface area contributed by atoms with Crippen LogP contribution in [0.5, 0.6) is 0 Å². The Morgan fingerprint density at radius 2 is 2.29 bits per heavy atom. The molecule has 1 heterocycles. The summed E-state index contributed by atoms with van der Waals surface area (Å²) in [4.78, 5) is 4.27. The van der Waals surface area contributed by atoms with Crippen molar-refractivity contribution in [2.75, 3.05) is 0 Å². The predicted octanol–water partition coefficient (Wildman–Crippen LogP) is 1.46. The first kappa shape index (κ1) is 9.21. The number of aromatic nitrogens is 2. The Balaban J connectivity index is 2.44. The van der Waals surface area contributed by atoms with Crippen molar-refractivity contribution < 1.29 is 0 Å². The summed E-state index contributed by atoms with van der Waals surface area (Å²) >= 11 is 0. The van der Waals surface area contributed by atoms with Crippen molar-refractivity contribution in [1.29, 1.82) is 0 Å². The number of nitrogens with zero attached hydrogens (tertiary/aromatic N) is 2. The summed E-state index contributed by atoms with van der Waals surface area (Å²) in [6.45, 7) is 2.02. The van der Waals surface area contributed by atoms with Crippen molar-refractivity contribution in [1.82, 2.24) is 9.55 Å². The van der Waals surface area contributed by atoms with E-state index in [4.69, 9.17) is 5.73 Å². The summed E-state index contributed by atoms with van der Waals surface area (Å²) < 4.78 is 2.03. The summed E-state index contributed by atoms with van der Waals surface area (Å²) in [7, 11) is 2.00. The molecule has 1 atom stereocenters. The molecule has 0 amide bonds. The van der Waals surface area contributed by atoms with Gasteiger partial charge in [-0.05, 0) is 31.0 Å². The van der Waals surface area contributed by atoms with Gasteiger partial charge in [-0.25, -0.2) is 4.98 Å². The van der Waals surface area contributed by atoms with Crippen LogP contribution in [0.15, 0.2) is 24.5 Å². The summed E-state index contributed by atoms with van der Waals surface area (Å²) in [5.41, 5.74) is 9.25. The van der Waals surface area contributed by atoms with Crippen molar-refractivity contribution in [2.24, 2.45) is 12.8 Å². The summed E-state index contributed by atoms with van der Waals surface area (Å²) in [6.07, 6.45) is 2.75. The van der Waals surface area contributed by atoms with Crippen LogP contribution in [0.1, 0.15) is 12.5 Å². The van der Waals surface area contributed by atoms with Gasteiger partial charge in [0.05, 0.1) is 17.4 Å². The van der Waals surface area contributed by atoms with Crippen molar-refractivity contribution >= 4 is 11.0 Å². The number of hydrogen-bond acceptors (Lipinski definition) is 2. The molecule has 0 radical (unpaired) electrons. The fraction of sp³-hybridized carbons (Fsp3) is 0.364. The molecule has 1 aromatic heterocycles. The minimum absolute atomic E-state index is 0.209. The van der Waals surface area contributed by atoms with Gasteiger partial charge in [-0.15, -0.1) is 0 Å². The van der Waals surface area contributed by atoms with E-state index in [9.17, 15) is 0 Å². The number of fused-ring (bicyclic) bond motifs is 1. The maximum absolute atomic E-state index is 5.76. The molecule has 3 nitrogen and oxygen atoms in total. The number of imidazole rings is 1. The molecule has 14 heavy (non-hydrogen) atoms. The highest BCUT2D eigenvalue weighted by atomic mass is 15.0. The maximum atomic E-state index is 5.76. The van der Waals surface area contributed by atoms with Crippen LogP contribution in [0.25, 0.3) is 11.0 Å². The fourth-order valence-electron chi connectivity index (χ4n) is 1.67. The Labute approximate surface area is 83.6 Å². The van der Waals surface area contributed by atoms with Crippen LogP contribution in [0.4, 0.5) is 0 Å². The van der Waals surface area contributed by atoms with Crippen molar-refractivity contribution in [2.45, 2.75) is 19.4 Å². The van der Waals surface area contributed by atoms with E-state index in [1.54, 1.807) is 0 Å². The lowest BCUT2D eigenvalue weighted by atomic mass is 10.1. The van der Waals surface area contributed by atoms with E-state index >= 15 is 0 Å². The molecule has 0 bridgehead atoms. The highest BCUT2D eigenvalue weighted by Crippen LogP contribution is 2.14. The molecule has 0 aliphatic rings. The SMILES string of the molecule is CC(N)Cc1ccc2ncn(C)c2c1. The summed E-state index contributed by atoms with van der Waals surface area (Å²) in [5.74, 6) is 0. The van der Waals surface area contributed by atoms with Gasteiger partial charge in [0, 0.05) is 13.1 Å². The third kappa shape index (κ3) is 1.63. The third-order valence-electron chi connectivity index (χ3n) is 2.35. The Morgan fingerprint density at radius 1 is 1.50 bits per heavy atom. The van der Waals surface area contributed by atoms with E-state index in [-0.39, 0.29) is 6.04 Å². The molecule has 0 aliphatic carbocycles. The number of nitrogens with two attached hydrogens (primary N) is 1. The van der Waals surface area contributed by atoms with Gasteiger partial charge >= 0.3 is 0 Å². The Kier molecular flexibility index (Phi) is 2.25. The van der Waals surface area contributed by atoms with E-state index in [1.165, 1.54) is 11.1 Å². The van der Waals surface area contributed by atoms with E-state index in [1.807, 2.05) is 30.9 Å². The summed E-state index contributed by atoms with van der Waals surface area (Å²) in [6, 6.07) is 6.51. The van der Waals surface area contributed by atoms with Crippen LogP contribution in [0.2, 0.25) is 0 Å². The zero-order valence-corrected chi connectivity index (χ0v) is 8.57. The number of hydrogen-bond donors (Lipinski definition) is 1. The van der Waals surface area contributed by atoms with Gasteiger partial charge in [-0.1, -0.05) is 6.07 Å².